The third-order valence-electron chi connectivity index (χ3n) is 4.04. The lowest BCUT2D eigenvalue weighted by Gasteiger charge is -2.25. The van der Waals surface area contributed by atoms with Gasteiger partial charge in [0.1, 0.15) is 0 Å². The van der Waals surface area contributed by atoms with E-state index in [2.05, 4.69) is 20.9 Å². The smallest absolute Gasteiger partial charge is 0.248 e. The van der Waals surface area contributed by atoms with Crippen LogP contribution in [0.2, 0.25) is 5.02 Å². The van der Waals surface area contributed by atoms with Crippen LogP contribution in [0.25, 0.3) is 0 Å². The molecule has 2 aliphatic heterocycles. The zero-order chi connectivity index (χ0) is 18.4. The van der Waals surface area contributed by atoms with Crippen molar-refractivity contribution in [2.24, 2.45) is 10.9 Å². The number of aliphatic imine (C=N–C) groups is 1. The lowest BCUT2D eigenvalue weighted by Crippen LogP contribution is -2.38. The molecular formula is C16H18BrClN2O3S2. The molecule has 2 heterocycles. The molecule has 0 bridgehead atoms. The summed E-state index contributed by atoms with van der Waals surface area (Å²) in [6.07, 6.45) is 0.361. The molecule has 2 atom stereocenters. The van der Waals surface area contributed by atoms with Crippen molar-refractivity contribution in [3.05, 3.63) is 27.7 Å². The Kier molecular flexibility index (Phi) is 5.54. The molecule has 0 N–H and O–H groups in total. The Morgan fingerprint density at radius 2 is 2.16 bits per heavy atom. The number of amides is 1. The topological polar surface area (TPSA) is 66.8 Å². The van der Waals surface area contributed by atoms with Gasteiger partial charge in [0.2, 0.25) is 5.91 Å². The Morgan fingerprint density at radius 3 is 2.80 bits per heavy atom. The van der Waals surface area contributed by atoms with Gasteiger partial charge >= 0.3 is 0 Å². The van der Waals surface area contributed by atoms with Crippen LogP contribution in [0.5, 0.6) is 0 Å². The molecular weight excluding hydrogens is 448 g/mol. The molecule has 0 saturated carbocycles. The number of thioether (sulfide) groups is 1. The van der Waals surface area contributed by atoms with Crippen LogP contribution in [0.1, 0.15) is 20.3 Å². The van der Waals surface area contributed by atoms with Gasteiger partial charge in [0.15, 0.2) is 15.0 Å². The number of nitrogens with zero attached hydrogens (tertiary/aromatic N) is 2. The number of hydrogen-bond donors (Lipinski definition) is 0. The maximum Gasteiger partial charge on any atom is 0.248 e. The van der Waals surface area contributed by atoms with Crippen LogP contribution in [0.15, 0.2) is 27.7 Å². The number of sulfone groups is 1. The number of benzene rings is 1. The number of rotatable bonds is 3. The molecule has 1 aromatic rings. The zero-order valence-corrected chi connectivity index (χ0v) is 17.8. The Morgan fingerprint density at radius 1 is 1.44 bits per heavy atom. The van der Waals surface area contributed by atoms with Crippen molar-refractivity contribution >= 4 is 65.9 Å². The van der Waals surface area contributed by atoms with Gasteiger partial charge in [-0.25, -0.2) is 8.42 Å². The average molecular weight is 466 g/mol. The molecule has 2 aliphatic rings. The molecule has 2 fully saturated rings. The average Bonchev–Trinajstić information content (AvgIpc) is 2.90. The predicted molar refractivity (Wildman–Crippen MR) is 107 cm³/mol. The summed E-state index contributed by atoms with van der Waals surface area (Å²) in [5.74, 6) is 0.171. The monoisotopic (exact) mass is 464 g/mol. The molecule has 0 aromatic heterocycles. The second-order valence-electron chi connectivity index (χ2n) is 6.65. The highest BCUT2D eigenvalue weighted by atomic mass is 79.9. The molecule has 25 heavy (non-hydrogen) atoms. The van der Waals surface area contributed by atoms with Crippen LogP contribution in [0.3, 0.4) is 0 Å². The third-order valence-corrected chi connectivity index (χ3v) is 8.04. The first kappa shape index (κ1) is 19.2. The van der Waals surface area contributed by atoms with E-state index in [0.29, 0.717) is 22.3 Å². The number of carbonyl (C=O) groups excluding carboxylic acids is 1. The summed E-state index contributed by atoms with van der Waals surface area (Å²) in [4.78, 5) is 18.3. The standard InChI is InChI=1S/C16H18BrClN2O3S2/c1-9(2)5-15(21)19-16-20(12-4-3-10(17)6-11(12)18)13-7-25(22,23)8-14(13)24-16/h3-4,6,9,13-14H,5,7-8H2,1-2H3/t13-,14-/m0/s1. The predicted octanol–water partition coefficient (Wildman–Crippen LogP) is 3.75. The van der Waals surface area contributed by atoms with Gasteiger partial charge in [0.05, 0.1) is 28.3 Å². The van der Waals surface area contributed by atoms with E-state index in [4.69, 9.17) is 11.6 Å². The maximum absolute atomic E-state index is 12.2. The fraction of sp³-hybridized carbons (Fsp3) is 0.500. The summed E-state index contributed by atoms with van der Waals surface area (Å²) in [7, 11) is -3.09. The molecule has 5 nitrogen and oxygen atoms in total. The molecule has 0 unspecified atom stereocenters. The van der Waals surface area contributed by atoms with Crippen molar-refractivity contribution in [3.63, 3.8) is 0 Å². The fourth-order valence-corrected chi connectivity index (χ4v) is 7.71. The van der Waals surface area contributed by atoms with E-state index in [1.165, 1.54) is 11.8 Å². The molecule has 0 radical (unpaired) electrons. The van der Waals surface area contributed by atoms with Gasteiger partial charge in [-0.15, -0.1) is 0 Å². The number of hydrogen-bond acceptors (Lipinski definition) is 4. The van der Waals surface area contributed by atoms with Crippen LogP contribution in [0.4, 0.5) is 5.69 Å². The largest absolute Gasteiger partial charge is 0.314 e. The minimum absolute atomic E-state index is 0.0501. The van der Waals surface area contributed by atoms with Crippen molar-refractivity contribution in [3.8, 4) is 0 Å². The first-order valence-corrected chi connectivity index (χ1v) is 11.8. The molecule has 1 amide bonds. The molecule has 136 valence electrons. The van der Waals surface area contributed by atoms with Gasteiger partial charge in [-0.3, -0.25) is 4.79 Å². The highest BCUT2D eigenvalue weighted by Gasteiger charge is 2.49. The Hall–Kier alpha value is -0.570. The van der Waals surface area contributed by atoms with Crippen molar-refractivity contribution in [1.29, 1.82) is 0 Å². The zero-order valence-electron chi connectivity index (χ0n) is 13.8. The highest BCUT2D eigenvalue weighted by Crippen LogP contribution is 2.43. The van der Waals surface area contributed by atoms with Gasteiger partial charge in [-0.1, -0.05) is 53.1 Å². The number of carbonyl (C=O) groups is 1. The quantitative estimate of drug-likeness (QED) is 0.680. The van der Waals surface area contributed by atoms with E-state index in [1.807, 2.05) is 30.9 Å². The normalized spacial score (nSPS) is 26.4. The lowest BCUT2D eigenvalue weighted by molar-refractivity contribution is -0.118. The van der Waals surface area contributed by atoms with E-state index >= 15 is 0 Å². The molecule has 2 saturated heterocycles. The van der Waals surface area contributed by atoms with E-state index in [9.17, 15) is 13.2 Å². The van der Waals surface area contributed by atoms with E-state index in [1.54, 1.807) is 6.07 Å². The van der Waals surface area contributed by atoms with Gasteiger partial charge < -0.3 is 4.90 Å². The second kappa shape index (κ2) is 7.21. The SMILES string of the molecule is CC(C)CC(=O)N=C1S[C@H]2CS(=O)(=O)C[C@@H]2N1c1ccc(Br)cc1Cl. The lowest BCUT2D eigenvalue weighted by atomic mass is 10.1. The summed E-state index contributed by atoms with van der Waals surface area (Å²) < 4.78 is 24.9. The number of amidine groups is 1. The van der Waals surface area contributed by atoms with Crippen LogP contribution >= 0.6 is 39.3 Å². The van der Waals surface area contributed by atoms with Crippen LogP contribution < -0.4 is 4.90 Å². The van der Waals surface area contributed by atoms with Crippen molar-refractivity contribution in [1.82, 2.24) is 0 Å². The van der Waals surface area contributed by atoms with E-state index < -0.39 is 9.84 Å². The summed E-state index contributed by atoms with van der Waals surface area (Å²) in [6, 6.07) is 5.17. The van der Waals surface area contributed by atoms with Gasteiger partial charge in [0.25, 0.3) is 0 Å². The number of anilines is 1. The molecule has 0 spiro atoms. The first-order chi connectivity index (χ1) is 11.7. The van der Waals surface area contributed by atoms with Crippen LogP contribution in [0, 0.1) is 5.92 Å². The van der Waals surface area contributed by atoms with E-state index in [-0.39, 0.29) is 34.6 Å². The Balaban J connectivity index is 2.01. The highest BCUT2D eigenvalue weighted by molar-refractivity contribution is 9.10. The molecule has 1 aromatic carbocycles. The van der Waals surface area contributed by atoms with Crippen LogP contribution in [-0.4, -0.2) is 42.3 Å². The minimum Gasteiger partial charge on any atom is -0.314 e. The summed E-state index contributed by atoms with van der Waals surface area (Å²) in [6.45, 7) is 3.93. The molecule has 0 aliphatic carbocycles. The third kappa shape index (κ3) is 4.23. The van der Waals surface area contributed by atoms with Crippen LogP contribution in [-0.2, 0) is 14.6 Å². The van der Waals surface area contributed by atoms with Crippen molar-refractivity contribution in [2.75, 3.05) is 16.4 Å². The van der Waals surface area contributed by atoms with Crippen molar-refractivity contribution < 1.29 is 13.2 Å². The first-order valence-electron chi connectivity index (χ1n) is 7.89. The summed E-state index contributed by atoms with van der Waals surface area (Å²) >= 11 is 11.1. The minimum atomic E-state index is -3.09. The maximum atomic E-state index is 12.2. The Labute approximate surface area is 165 Å². The summed E-state index contributed by atoms with van der Waals surface area (Å²) in [5.41, 5.74) is 0.679. The van der Waals surface area contributed by atoms with Crippen molar-refractivity contribution in [2.45, 2.75) is 31.6 Å². The van der Waals surface area contributed by atoms with Gasteiger partial charge in [-0.05, 0) is 24.1 Å². The number of halogens is 2. The van der Waals surface area contributed by atoms with E-state index in [0.717, 1.165) is 4.47 Å². The number of fused-ring (bicyclic) bond motifs is 1. The fourth-order valence-electron chi connectivity index (χ4n) is 3.02. The summed E-state index contributed by atoms with van der Waals surface area (Å²) in [5, 5.41) is 0.902. The second-order valence-corrected chi connectivity index (χ2v) is 11.3. The van der Waals surface area contributed by atoms with Gasteiger partial charge in [-0.2, -0.15) is 4.99 Å². The molecule has 9 heteroatoms. The Bertz CT molecular complexity index is 842. The van der Waals surface area contributed by atoms with Gasteiger partial charge in [0, 0.05) is 16.1 Å². The molecule has 3 rings (SSSR count).